The lowest BCUT2D eigenvalue weighted by Crippen LogP contribution is -3.00. The highest BCUT2D eigenvalue weighted by Gasteiger charge is 2.32. The van der Waals surface area contributed by atoms with Gasteiger partial charge in [0, 0.05) is 7.26 Å². The van der Waals surface area contributed by atoms with Gasteiger partial charge in [0.2, 0.25) is 0 Å². The number of rotatable bonds is 25. The van der Waals surface area contributed by atoms with Crippen molar-refractivity contribution in [1.29, 1.82) is 0 Å². The van der Waals surface area contributed by atoms with Crippen molar-refractivity contribution >= 4 is 12.9 Å². The van der Waals surface area contributed by atoms with E-state index in [0.717, 1.165) is 18.7 Å². The van der Waals surface area contributed by atoms with E-state index in [-0.39, 0.29) is 12.4 Å². The molecule has 0 saturated heterocycles. The minimum atomic E-state index is -0.527. The van der Waals surface area contributed by atoms with Gasteiger partial charge < -0.3 is 12.4 Å². The molecule has 0 heterocycles. The Hall–Kier alpha value is -0.300. The van der Waals surface area contributed by atoms with Crippen molar-refractivity contribution in [2.45, 2.75) is 150 Å². The van der Waals surface area contributed by atoms with Crippen LogP contribution in [0.1, 0.15) is 150 Å². The molecule has 0 amide bonds. The summed E-state index contributed by atoms with van der Waals surface area (Å²) in [5.41, 5.74) is 4.01. The van der Waals surface area contributed by atoms with Gasteiger partial charge in [-0.25, -0.2) is 0 Å². The Morgan fingerprint density at radius 3 is 1.32 bits per heavy atom. The minimum absolute atomic E-state index is 0. The number of nitrogens with one attached hydrogen (secondary N) is 1. The normalized spacial score (nSPS) is 11.0. The van der Waals surface area contributed by atoms with Gasteiger partial charge >= 0.3 is 0 Å². The van der Waals surface area contributed by atoms with Crippen LogP contribution in [0.4, 0.5) is 5.69 Å². The number of benzene rings is 1. The Kier molecular flexibility index (Phi) is 32.7. The molecule has 0 aliphatic heterocycles. The smallest absolute Gasteiger partial charge is 0.0746 e. The van der Waals surface area contributed by atoms with Crippen molar-refractivity contribution in [3.8, 4) is 0 Å². The van der Waals surface area contributed by atoms with E-state index in [1.165, 1.54) is 115 Å². The molecule has 0 aliphatic carbocycles. The largest absolute Gasteiger partial charge is 1.00 e. The molecule has 1 N–H and O–H groups in total. The van der Waals surface area contributed by atoms with E-state index >= 15 is 0 Å². The van der Waals surface area contributed by atoms with E-state index in [1.807, 2.05) is 30.3 Å². The minimum Gasteiger partial charge on any atom is -1.00 e. The van der Waals surface area contributed by atoms with Crippen molar-refractivity contribution in [3.63, 3.8) is 0 Å². The maximum atomic E-state index is 5.46. The molecule has 0 radical (unpaired) electrons. The summed E-state index contributed by atoms with van der Waals surface area (Å²) in [5, 5.41) is 0. The van der Waals surface area contributed by atoms with Gasteiger partial charge in [-0.1, -0.05) is 136 Å². The molecular formula is C34H67ClNOP. The summed E-state index contributed by atoms with van der Waals surface area (Å²) in [4.78, 5) is 5.46. The first-order chi connectivity index (χ1) is 18.2. The first-order valence-electron chi connectivity index (χ1n) is 16.5. The van der Waals surface area contributed by atoms with Gasteiger partial charge in [0.25, 0.3) is 0 Å². The Labute approximate surface area is 247 Å². The molecule has 1 rings (SSSR count). The van der Waals surface area contributed by atoms with Gasteiger partial charge in [-0.05, 0) is 44.7 Å². The molecular weight excluding hydrogens is 505 g/mol. The van der Waals surface area contributed by atoms with Gasteiger partial charge in [0.15, 0.2) is 0 Å². The maximum absolute atomic E-state index is 5.46. The lowest BCUT2D eigenvalue weighted by molar-refractivity contribution is -0.00000875. The first-order valence-corrected chi connectivity index (χ1v) is 19.0. The van der Waals surface area contributed by atoms with Crippen LogP contribution in [-0.2, 0) is 4.84 Å². The van der Waals surface area contributed by atoms with E-state index < -0.39 is 7.26 Å². The molecule has 1 aromatic carbocycles. The molecule has 0 atom stereocenters. The summed E-state index contributed by atoms with van der Waals surface area (Å²) in [6.45, 7) is 12.5. The highest BCUT2D eigenvalue weighted by atomic mass is 35.5. The van der Waals surface area contributed by atoms with Crippen LogP contribution in [0, 0.1) is 0 Å². The third-order valence-corrected chi connectivity index (χ3v) is 12.8. The fraction of sp³-hybridized carbons (Fsp3) is 0.824. The van der Waals surface area contributed by atoms with E-state index in [9.17, 15) is 0 Å². The van der Waals surface area contributed by atoms with Crippen LogP contribution >= 0.6 is 7.26 Å². The van der Waals surface area contributed by atoms with Crippen molar-refractivity contribution in [2.75, 3.05) is 36.7 Å². The van der Waals surface area contributed by atoms with Gasteiger partial charge in [-0.3, -0.25) is 10.3 Å². The molecule has 0 bridgehead atoms. The van der Waals surface area contributed by atoms with Gasteiger partial charge in [0.05, 0.1) is 36.9 Å². The zero-order chi connectivity index (χ0) is 27.3. The van der Waals surface area contributed by atoms with Crippen LogP contribution in [0.3, 0.4) is 0 Å². The van der Waals surface area contributed by atoms with Crippen LogP contribution in [0.5, 0.6) is 0 Å². The number of para-hydroxylation sites is 1. The predicted molar refractivity (Wildman–Crippen MR) is 174 cm³/mol. The molecule has 38 heavy (non-hydrogen) atoms. The van der Waals surface area contributed by atoms with Crippen LogP contribution in [0.2, 0.25) is 0 Å². The number of unbranched alkanes of at least 4 members (excludes halogenated alkanes) is 14. The summed E-state index contributed by atoms with van der Waals surface area (Å²) in [5.74, 6) is 0. The summed E-state index contributed by atoms with van der Waals surface area (Å²) < 4.78 is 0. The second-order valence-corrected chi connectivity index (χ2v) is 15.8. The number of hydrogen-bond acceptors (Lipinski definition) is 2. The van der Waals surface area contributed by atoms with Gasteiger partial charge in [0.1, 0.15) is 0 Å². The van der Waals surface area contributed by atoms with E-state index in [1.54, 1.807) is 18.5 Å². The van der Waals surface area contributed by atoms with Crippen LogP contribution < -0.4 is 17.9 Å². The van der Waals surface area contributed by atoms with Crippen LogP contribution in [0.25, 0.3) is 0 Å². The third kappa shape index (κ3) is 24.7. The fourth-order valence-corrected chi connectivity index (χ4v) is 9.53. The van der Waals surface area contributed by atoms with Crippen molar-refractivity contribution in [3.05, 3.63) is 30.3 Å². The molecule has 0 aliphatic rings. The SMILES string of the molecule is CCCCCCCCCCCCCCONc1ccccc1.CCCC[P+](CC)(CCCC)CCCC.[Cl-]. The van der Waals surface area contributed by atoms with Crippen LogP contribution in [-0.4, -0.2) is 31.3 Å². The molecule has 0 spiro atoms. The lowest BCUT2D eigenvalue weighted by Gasteiger charge is -2.26. The molecule has 0 saturated carbocycles. The van der Waals surface area contributed by atoms with Crippen LogP contribution in [0.15, 0.2) is 30.3 Å². The molecule has 226 valence electrons. The summed E-state index contributed by atoms with van der Waals surface area (Å²) in [7, 11) is -0.527. The molecule has 2 nitrogen and oxygen atoms in total. The standard InChI is InChI=1S/C20H35NO.C14H32P.ClH/c1-2-3-4-5-6-7-8-9-10-11-12-16-19-22-21-20-17-14-13-15-18-20;1-5-9-12-15(8-4,13-10-6-2)14-11-7-3;/h13-15,17-18,21H,2-12,16,19H2,1H3;5-14H2,1-4H3;1H/q;+1;/p-1. The van der Waals surface area contributed by atoms with Gasteiger partial charge in [-0.2, -0.15) is 0 Å². The summed E-state index contributed by atoms with van der Waals surface area (Å²) in [6, 6.07) is 10.1. The number of anilines is 1. The monoisotopic (exact) mass is 571 g/mol. The topological polar surface area (TPSA) is 21.3 Å². The zero-order valence-corrected chi connectivity index (χ0v) is 28.0. The second kappa shape index (κ2) is 31.2. The zero-order valence-electron chi connectivity index (χ0n) is 26.4. The fourth-order valence-electron chi connectivity index (χ4n) is 4.95. The highest BCUT2D eigenvalue weighted by Crippen LogP contribution is 2.60. The average Bonchev–Trinajstić information content (AvgIpc) is 2.94. The predicted octanol–water partition coefficient (Wildman–Crippen LogP) is 9.16. The van der Waals surface area contributed by atoms with E-state index in [0.29, 0.717) is 0 Å². The highest BCUT2D eigenvalue weighted by molar-refractivity contribution is 7.75. The molecule has 0 aromatic heterocycles. The van der Waals surface area contributed by atoms with E-state index in [2.05, 4.69) is 40.1 Å². The average molecular weight is 572 g/mol. The van der Waals surface area contributed by atoms with Crippen molar-refractivity contribution < 1.29 is 17.2 Å². The van der Waals surface area contributed by atoms with Crippen molar-refractivity contribution in [2.24, 2.45) is 0 Å². The second-order valence-electron chi connectivity index (χ2n) is 11.1. The third-order valence-electron chi connectivity index (χ3n) is 7.69. The summed E-state index contributed by atoms with van der Waals surface area (Å²) >= 11 is 0. The molecule has 1 aromatic rings. The number of hydrogen-bond donors (Lipinski definition) is 1. The van der Waals surface area contributed by atoms with Crippen molar-refractivity contribution in [1.82, 2.24) is 0 Å². The lowest BCUT2D eigenvalue weighted by atomic mass is 10.1. The maximum Gasteiger partial charge on any atom is 0.0746 e. The Morgan fingerprint density at radius 2 is 0.921 bits per heavy atom. The summed E-state index contributed by atoms with van der Waals surface area (Å²) in [6.07, 6.45) is 31.4. The molecule has 4 heteroatoms. The Bertz CT molecular complexity index is 535. The first kappa shape index (κ1) is 39.8. The quantitative estimate of drug-likeness (QED) is 0.0717. The molecule has 0 unspecified atom stereocenters. The Balaban J connectivity index is 0. The number of halogens is 1. The van der Waals surface area contributed by atoms with E-state index in [4.69, 9.17) is 4.84 Å². The molecule has 0 fully saturated rings. The Morgan fingerprint density at radius 1 is 0.526 bits per heavy atom. The van der Waals surface area contributed by atoms with Gasteiger partial charge in [-0.15, -0.1) is 0 Å².